The highest BCUT2D eigenvalue weighted by molar-refractivity contribution is 7.89. The van der Waals surface area contributed by atoms with E-state index in [1.165, 1.54) is 13.8 Å². The second-order valence-electron chi connectivity index (χ2n) is 6.54. The van der Waals surface area contributed by atoms with Gasteiger partial charge in [0.25, 0.3) is 0 Å². The first-order valence-electron chi connectivity index (χ1n) is 9.20. The molecular formula is C18H28N4O4S2. The Morgan fingerprint density at radius 1 is 1.32 bits per heavy atom. The molecular weight excluding hydrogens is 400 g/mol. The van der Waals surface area contributed by atoms with Crippen LogP contribution in [0.1, 0.15) is 43.8 Å². The summed E-state index contributed by atoms with van der Waals surface area (Å²) in [7, 11) is -3.91. The second-order valence-corrected chi connectivity index (χ2v) is 8.97. The maximum Gasteiger partial charge on any atom is 0.246 e. The number of nitrogens with zero attached hydrogens (tertiary/aromatic N) is 2. The van der Waals surface area contributed by atoms with Gasteiger partial charge in [0, 0.05) is 6.54 Å². The van der Waals surface area contributed by atoms with Crippen molar-refractivity contribution in [3.05, 3.63) is 33.8 Å². The van der Waals surface area contributed by atoms with Crippen LogP contribution in [0.2, 0.25) is 0 Å². The van der Waals surface area contributed by atoms with Crippen molar-refractivity contribution in [2.24, 2.45) is 0 Å². The van der Waals surface area contributed by atoms with Gasteiger partial charge in [-0.3, -0.25) is 9.69 Å². The van der Waals surface area contributed by atoms with Gasteiger partial charge in [-0.2, -0.15) is 16.1 Å². The quantitative estimate of drug-likeness (QED) is 0.601. The minimum absolute atomic E-state index is 0.0218. The molecule has 8 nitrogen and oxygen atoms in total. The van der Waals surface area contributed by atoms with E-state index in [9.17, 15) is 13.2 Å². The number of aryl methyl sites for hydroxylation is 2. The SMILES string of the molecule is CCN(CC)C(CNC(=O)[C@H](C)NS(=O)(=O)c1c(C)noc1C)c1ccsc1. The van der Waals surface area contributed by atoms with E-state index in [4.69, 9.17) is 4.52 Å². The van der Waals surface area contributed by atoms with Gasteiger partial charge in [-0.05, 0) is 56.3 Å². The molecule has 0 aliphatic heterocycles. The van der Waals surface area contributed by atoms with E-state index in [0.717, 1.165) is 18.7 Å². The molecule has 0 fully saturated rings. The number of carbonyl (C=O) groups excluding carboxylic acids is 1. The lowest BCUT2D eigenvalue weighted by molar-refractivity contribution is -0.122. The molecule has 0 aliphatic rings. The zero-order valence-corrected chi connectivity index (χ0v) is 18.5. The lowest BCUT2D eigenvalue weighted by Crippen LogP contribution is -2.47. The van der Waals surface area contributed by atoms with Crippen LogP contribution in [0, 0.1) is 13.8 Å². The van der Waals surface area contributed by atoms with Gasteiger partial charge in [0.05, 0.1) is 12.1 Å². The van der Waals surface area contributed by atoms with Crippen molar-refractivity contribution in [1.29, 1.82) is 0 Å². The lowest BCUT2D eigenvalue weighted by Gasteiger charge is -2.30. The molecule has 0 aromatic carbocycles. The Morgan fingerprint density at radius 3 is 2.50 bits per heavy atom. The number of aromatic nitrogens is 1. The third kappa shape index (κ3) is 5.19. The summed E-state index contributed by atoms with van der Waals surface area (Å²) in [5, 5.41) is 10.6. The van der Waals surface area contributed by atoms with Crippen molar-refractivity contribution >= 4 is 27.3 Å². The Hall–Kier alpha value is -1.75. The molecule has 0 saturated carbocycles. The van der Waals surface area contributed by atoms with Crippen LogP contribution in [0.3, 0.4) is 0 Å². The molecule has 156 valence electrons. The van der Waals surface area contributed by atoms with Gasteiger partial charge in [-0.1, -0.05) is 19.0 Å². The molecule has 2 aromatic rings. The average Bonchev–Trinajstić information content (AvgIpc) is 3.28. The number of carbonyl (C=O) groups is 1. The van der Waals surface area contributed by atoms with Crippen molar-refractivity contribution in [2.75, 3.05) is 19.6 Å². The smallest absolute Gasteiger partial charge is 0.246 e. The minimum Gasteiger partial charge on any atom is -0.360 e. The third-order valence-corrected chi connectivity index (χ3v) is 7.10. The fraction of sp³-hybridized carbons (Fsp3) is 0.556. The van der Waals surface area contributed by atoms with Gasteiger partial charge in [-0.15, -0.1) is 0 Å². The van der Waals surface area contributed by atoms with Crippen molar-refractivity contribution in [3.63, 3.8) is 0 Å². The summed E-state index contributed by atoms with van der Waals surface area (Å²) in [6, 6.07) is 1.15. The predicted octanol–water partition coefficient (Wildman–Crippen LogP) is 2.22. The van der Waals surface area contributed by atoms with Crippen LogP contribution in [0.15, 0.2) is 26.2 Å². The van der Waals surface area contributed by atoms with Crippen LogP contribution in [0.5, 0.6) is 0 Å². The second kappa shape index (κ2) is 9.64. The number of amides is 1. The van der Waals surface area contributed by atoms with Gasteiger partial charge >= 0.3 is 0 Å². The maximum absolute atomic E-state index is 12.6. The molecule has 0 aliphatic carbocycles. The van der Waals surface area contributed by atoms with E-state index in [-0.39, 0.29) is 28.3 Å². The van der Waals surface area contributed by atoms with Crippen LogP contribution >= 0.6 is 11.3 Å². The molecule has 0 radical (unpaired) electrons. The fourth-order valence-corrected chi connectivity index (χ4v) is 5.38. The summed E-state index contributed by atoms with van der Waals surface area (Å²) in [4.78, 5) is 14.8. The summed E-state index contributed by atoms with van der Waals surface area (Å²) in [6.45, 7) is 10.8. The largest absolute Gasteiger partial charge is 0.360 e. The Balaban J connectivity index is 2.05. The molecule has 0 bridgehead atoms. The van der Waals surface area contributed by atoms with Gasteiger partial charge < -0.3 is 9.84 Å². The van der Waals surface area contributed by atoms with Gasteiger partial charge in [0.15, 0.2) is 5.76 Å². The number of hydrogen-bond acceptors (Lipinski definition) is 7. The molecule has 2 heterocycles. The normalized spacial score (nSPS) is 14.2. The number of hydrogen-bond donors (Lipinski definition) is 2. The first-order chi connectivity index (χ1) is 13.2. The monoisotopic (exact) mass is 428 g/mol. The van der Waals surface area contributed by atoms with Crippen LogP contribution < -0.4 is 10.0 Å². The van der Waals surface area contributed by atoms with Crippen LogP contribution in [-0.4, -0.2) is 50.1 Å². The Labute approximate surface area is 170 Å². The number of sulfonamides is 1. The predicted molar refractivity (Wildman–Crippen MR) is 109 cm³/mol. The molecule has 2 atom stereocenters. The van der Waals surface area contributed by atoms with Gasteiger partial charge in [0.1, 0.15) is 10.6 Å². The zero-order valence-electron chi connectivity index (χ0n) is 16.9. The van der Waals surface area contributed by atoms with E-state index < -0.39 is 16.1 Å². The number of rotatable bonds is 10. The van der Waals surface area contributed by atoms with E-state index in [2.05, 4.69) is 39.3 Å². The lowest BCUT2D eigenvalue weighted by atomic mass is 10.1. The number of nitrogens with one attached hydrogen (secondary N) is 2. The van der Waals surface area contributed by atoms with Crippen LogP contribution in [-0.2, 0) is 14.8 Å². The number of thiophene rings is 1. The first kappa shape index (κ1) is 22.5. The van der Waals surface area contributed by atoms with E-state index >= 15 is 0 Å². The maximum atomic E-state index is 12.6. The summed E-state index contributed by atoms with van der Waals surface area (Å²) in [5.41, 5.74) is 1.40. The molecule has 2 rings (SSSR count). The van der Waals surface area contributed by atoms with Crippen molar-refractivity contribution in [2.45, 2.75) is 51.6 Å². The molecule has 1 amide bonds. The molecule has 10 heteroatoms. The summed E-state index contributed by atoms with van der Waals surface area (Å²) in [5.74, 6) is -0.195. The highest BCUT2D eigenvalue weighted by Crippen LogP contribution is 2.22. The van der Waals surface area contributed by atoms with Gasteiger partial charge in [-0.25, -0.2) is 8.42 Å². The Kier molecular flexibility index (Phi) is 7.76. The molecule has 2 aromatic heterocycles. The fourth-order valence-electron chi connectivity index (χ4n) is 3.14. The topological polar surface area (TPSA) is 105 Å². The summed E-state index contributed by atoms with van der Waals surface area (Å²) in [6.07, 6.45) is 0. The van der Waals surface area contributed by atoms with Crippen LogP contribution in [0.25, 0.3) is 0 Å². The summed E-state index contributed by atoms with van der Waals surface area (Å²) < 4.78 is 32.5. The highest BCUT2D eigenvalue weighted by atomic mass is 32.2. The van der Waals surface area contributed by atoms with E-state index in [1.807, 2.05) is 11.4 Å². The Bertz CT molecular complexity index is 854. The molecule has 0 saturated heterocycles. The van der Waals surface area contributed by atoms with Crippen molar-refractivity contribution in [1.82, 2.24) is 20.1 Å². The zero-order chi connectivity index (χ0) is 20.9. The van der Waals surface area contributed by atoms with Crippen LogP contribution in [0.4, 0.5) is 0 Å². The van der Waals surface area contributed by atoms with E-state index in [1.54, 1.807) is 18.3 Å². The average molecular weight is 429 g/mol. The minimum atomic E-state index is -3.91. The standard InChI is InChI=1S/C18H28N4O4S2/c1-6-22(7-2)16(15-8-9-27-11-15)10-19-18(23)13(4)21-28(24,25)17-12(3)20-26-14(17)5/h8-9,11,13,16,21H,6-7,10H2,1-5H3,(H,19,23)/t13-,16?/m0/s1. The molecule has 2 N–H and O–H groups in total. The molecule has 28 heavy (non-hydrogen) atoms. The third-order valence-electron chi connectivity index (χ3n) is 4.61. The highest BCUT2D eigenvalue weighted by Gasteiger charge is 2.28. The Morgan fingerprint density at radius 2 is 2.00 bits per heavy atom. The van der Waals surface area contributed by atoms with Gasteiger partial charge in [0.2, 0.25) is 15.9 Å². The van der Waals surface area contributed by atoms with Crippen molar-refractivity contribution < 1.29 is 17.7 Å². The first-order valence-corrected chi connectivity index (χ1v) is 11.6. The molecule has 1 unspecified atom stereocenters. The van der Waals surface area contributed by atoms with Crippen molar-refractivity contribution in [3.8, 4) is 0 Å². The van der Waals surface area contributed by atoms with E-state index in [0.29, 0.717) is 6.54 Å². The number of likely N-dealkylation sites (N-methyl/N-ethyl adjacent to an activating group) is 1. The summed E-state index contributed by atoms with van der Waals surface area (Å²) >= 11 is 1.61. The molecule has 0 spiro atoms.